The number of carbonyl (C=O) groups excluding carboxylic acids is 2. The van der Waals surface area contributed by atoms with Gasteiger partial charge < -0.3 is 15.4 Å². The zero-order valence-electron chi connectivity index (χ0n) is 15.3. The molecular formula is C20H23FN2O3. The Bertz CT molecular complexity index is 805. The number of benzene rings is 2. The van der Waals surface area contributed by atoms with Crippen molar-refractivity contribution in [1.82, 2.24) is 0 Å². The predicted molar refractivity (Wildman–Crippen MR) is 99.8 cm³/mol. The molecule has 6 heteroatoms. The lowest BCUT2D eigenvalue weighted by Crippen LogP contribution is -2.30. The van der Waals surface area contributed by atoms with E-state index in [0.717, 1.165) is 5.56 Å². The number of aryl methyl sites for hydroxylation is 1. The zero-order chi connectivity index (χ0) is 19.3. The molecular weight excluding hydrogens is 335 g/mol. The molecule has 1 atom stereocenters. The Hall–Kier alpha value is -2.89. The summed E-state index contributed by atoms with van der Waals surface area (Å²) in [6.07, 6.45) is -0.815. The van der Waals surface area contributed by atoms with Crippen LogP contribution in [0.25, 0.3) is 0 Å². The Kier molecular flexibility index (Phi) is 6.33. The van der Waals surface area contributed by atoms with Gasteiger partial charge in [0, 0.05) is 23.4 Å². The highest BCUT2D eigenvalue weighted by molar-refractivity contribution is 5.97. The first-order valence-electron chi connectivity index (χ1n) is 8.41. The maximum Gasteiger partial charge on any atom is 0.265 e. The first-order chi connectivity index (χ1) is 12.3. The van der Waals surface area contributed by atoms with Crippen molar-refractivity contribution >= 4 is 23.2 Å². The van der Waals surface area contributed by atoms with E-state index in [1.54, 1.807) is 39.0 Å². The van der Waals surface area contributed by atoms with Crippen molar-refractivity contribution < 1.29 is 18.7 Å². The van der Waals surface area contributed by atoms with Crippen molar-refractivity contribution in [2.45, 2.75) is 33.8 Å². The van der Waals surface area contributed by atoms with Crippen LogP contribution in [-0.4, -0.2) is 17.9 Å². The molecule has 0 spiro atoms. The fraction of sp³-hybridized carbons (Fsp3) is 0.300. The van der Waals surface area contributed by atoms with E-state index in [-0.39, 0.29) is 23.5 Å². The van der Waals surface area contributed by atoms with Crippen LogP contribution in [0, 0.1) is 18.7 Å². The molecule has 2 N–H and O–H groups in total. The van der Waals surface area contributed by atoms with Crippen LogP contribution in [-0.2, 0) is 9.59 Å². The first-order valence-corrected chi connectivity index (χ1v) is 8.41. The Balaban J connectivity index is 2.06. The molecule has 2 rings (SSSR count). The maximum atomic E-state index is 13.2. The minimum Gasteiger partial charge on any atom is -0.481 e. The lowest BCUT2D eigenvalue weighted by Gasteiger charge is -2.17. The number of hydrogen-bond acceptors (Lipinski definition) is 3. The van der Waals surface area contributed by atoms with E-state index in [4.69, 9.17) is 4.74 Å². The average molecular weight is 358 g/mol. The van der Waals surface area contributed by atoms with E-state index >= 15 is 0 Å². The molecule has 0 bridgehead atoms. The van der Waals surface area contributed by atoms with Crippen LogP contribution in [0.5, 0.6) is 5.75 Å². The second kappa shape index (κ2) is 8.47. The van der Waals surface area contributed by atoms with Gasteiger partial charge in [-0.05, 0) is 43.7 Å². The highest BCUT2D eigenvalue weighted by Gasteiger charge is 2.17. The molecule has 0 aliphatic carbocycles. The molecule has 0 saturated heterocycles. The molecule has 0 aliphatic heterocycles. The SMILES string of the molecule is Cc1ccc(NC(=O)C(C)C)cc1NC(=O)C(C)Oc1cccc(F)c1. The standard InChI is InChI=1S/C20H23FN2O3/c1-12(2)19(24)22-16-9-8-13(3)18(11-16)23-20(25)14(4)26-17-7-5-6-15(21)10-17/h5-12,14H,1-4H3,(H,22,24)(H,23,25). The summed E-state index contributed by atoms with van der Waals surface area (Å²) in [5.74, 6) is -0.769. The fourth-order valence-corrected chi connectivity index (χ4v) is 2.15. The lowest BCUT2D eigenvalue weighted by atomic mass is 10.1. The van der Waals surface area contributed by atoms with Crippen LogP contribution < -0.4 is 15.4 Å². The summed E-state index contributed by atoms with van der Waals surface area (Å²) in [6.45, 7) is 7.04. The van der Waals surface area contributed by atoms with Crippen LogP contribution in [0.2, 0.25) is 0 Å². The summed E-state index contributed by atoms with van der Waals surface area (Å²) in [7, 11) is 0. The summed E-state index contributed by atoms with van der Waals surface area (Å²) in [4.78, 5) is 24.2. The van der Waals surface area contributed by atoms with Crippen molar-refractivity contribution in [1.29, 1.82) is 0 Å². The van der Waals surface area contributed by atoms with E-state index in [0.29, 0.717) is 11.4 Å². The predicted octanol–water partition coefficient (Wildman–Crippen LogP) is 4.13. The third kappa shape index (κ3) is 5.31. The molecule has 0 aliphatic rings. The van der Waals surface area contributed by atoms with Crippen molar-refractivity contribution in [2.75, 3.05) is 10.6 Å². The molecule has 0 radical (unpaired) electrons. The highest BCUT2D eigenvalue weighted by Crippen LogP contribution is 2.22. The van der Waals surface area contributed by atoms with E-state index in [1.807, 2.05) is 13.0 Å². The van der Waals surface area contributed by atoms with Crippen molar-refractivity contribution in [3.05, 3.63) is 53.8 Å². The van der Waals surface area contributed by atoms with Crippen LogP contribution in [0.15, 0.2) is 42.5 Å². The third-order valence-electron chi connectivity index (χ3n) is 3.77. The van der Waals surface area contributed by atoms with Gasteiger partial charge in [-0.25, -0.2) is 4.39 Å². The minimum atomic E-state index is -0.815. The molecule has 0 heterocycles. The van der Waals surface area contributed by atoms with Gasteiger partial charge in [0.25, 0.3) is 5.91 Å². The molecule has 5 nitrogen and oxygen atoms in total. The number of ether oxygens (including phenoxy) is 1. The number of hydrogen-bond donors (Lipinski definition) is 2. The molecule has 1 unspecified atom stereocenters. The molecule has 2 amide bonds. The second-order valence-corrected chi connectivity index (χ2v) is 6.38. The summed E-state index contributed by atoms with van der Waals surface area (Å²) in [5, 5.41) is 5.57. The smallest absolute Gasteiger partial charge is 0.265 e. The molecule has 26 heavy (non-hydrogen) atoms. The number of anilines is 2. The third-order valence-corrected chi connectivity index (χ3v) is 3.77. The van der Waals surface area contributed by atoms with Gasteiger partial charge in [0.2, 0.25) is 5.91 Å². The Labute approximate surface area is 152 Å². The topological polar surface area (TPSA) is 67.4 Å². The Morgan fingerprint density at radius 3 is 2.38 bits per heavy atom. The average Bonchev–Trinajstić information content (AvgIpc) is 2.57. The number of carbonyl (C=O) groups is 2. The first kappa shape index (κ1) is 19.4. The van der Waals surface area contributed by atoms with Gasteiger partial charge in [-0.1, -0.05) is 26.0 Å². The van der Waals surface area contributed by atoms with E-state index in [2.05, 4.69) is 10.6 Å². The molecule has 138 valence electrons. The molecule has 0 fully saturated rings. The quantitative estimate of drug-likeness (QED) is 0.816. The summed E-state index contributed by atoms with van der Waals surface area (Å²) >= 11 is 0. The van der Waals surface area contributed by atoms with Gasteiger partial charge in [-0.3, -0.25) is 9.59 Å². The number of halogens is 1. The van der Waals surface area contributed by atoms with E-state index in [9.17, 15) is 14.0 Å². The number of rotatable bonds is 6. The molecule has 0 saturated carbocycles. The second-order valence-electron chi connectivity index (χ2n) is 6.38. The van der Waals surface area contributed by atoms with Crippen molar-refractivity contribution in [3.63, 3.8) is 0 Å². The number of amides is 2. The number of nitrogens with one attached hydrogen (secondary N) is 2. The normalized spacial score (nSPS) is 11.8. The van der Waals surface area contributed by atoms with Gasteiger partial charge in [0.05, 0.1) is 0 Å². The summed E-state index contributed by atoms with van der Waals surface area (Å²) in [6, 6.07) is 10.9. The molecule has 0 aromatic heterocycles. The summed E-state index contributed by atoms with van der Waals surface area (Å²) in [5.41, 5.74) is 2.02. The van der Waals surface area contributed by atoms with Gasteiger partial charge in [0.15, 0.2) is 6.10 Å². The molecule has 2 aromatic carbocycles. The van der Waals surface area contributed by atoms with Crippen LogP contribution in [0.3, 0.4) is 0 Å². The van der Waals surface area contributed by atoms with Gasteiger partial charge in [0.1, 0.15) is 11.6 Å². The largest absolute Gasteiger partial charge is 0.481 e. The van der Waals surface area contributed by atoms with Crippen molar-refractivity contribution in [2.24, 2.45) is 5.92 Å². The van der Waals surface area contributed by atoms with Gasteiger partial charge in [-0.15, -0.1) is 0 Å². The van der Waals surface area contributed by atoms with Crippen LogP contribution >= 0.6 is 0 Å². The van der Waals surface area contributed by atoms with E-state index in [1.165, 1.54) is 18.2 Å². The summed E-state index contributed by atoms with van der Waals surface area (Å²) < 4.78 is 18.7. The van der Waals surface area contributed by atoms with Crippen LogP contribution in [0.4, 0.5) is 15.8 Å². The minimum absolute atomic E-state index is 0.103. The maximum absolute atomic E-state index is 13.2. The fourth-order valence-electron chi connectivity index (χ4n) is 2.15. The zero-order valence-corrected chi connectivity index (χ0v) is 15.3. The Morgan fingerprint density at radius 1 is 1.00 bits per heavy atom. The van der Waals surface area contributed by atoms with Gasteiger partial charge >= 0.3 is 0 Å². The monoisotopic (exact) mass is 358 g/mol. The lowest BCUT2D eigenvalue weighted by molar-refractivity contribution is -0.122. The Morgan fingerprint density at radius 2 is 1.73 bits per heavy atom. The van der Waals surface area contributed by atoms with E-state index < -0.39 is 11.9 Å². The van der Waals surface area contributed by atoms with Crippen molar-refractivity contribution in [3.8, 4) is 5.75 Å². The van der Waals surface area contributed by atoms with Crippen LogP contribution in [0.1, 0.15) is 26.3 Å². The highest BCUT2D eigenvalue weighted by atomic mass is 19.1. The van der Waals surface area contributed by atoms with Gasteiger partial charge in [-0.2, -0.15) is 0 Å². The molecule has 2 aromatic rings.